The minimum atomic E-state index is 0.0509. The predicted octanol–water partition coefficient (Wildman–Crippen LogP) is 4.27. The van der Waals surface area contributed by atoms with E-state index < -0.39 is 0 Å². The molecule has 0 bridgehead atoms. The maximum absolute atomic E-state index is 13.2. The van der Waals surface area contributed by atoms with E-state index in [1.54, 1.807) is 7.11 Å². The van der Waals surface area contributed by atoms with Crippen molar-refractivity contribution in [1.29, 1.82) is 0 Å². The van der Waals surface area contributed by atoms with Gasteiger partial charge in [0.2, 0.25) is 0 Å². The first-order chi connectivity index (χ1) is 13.7. The highest BCUT2D eigenvalue weighted by Gasteiger charge is 2.33. The van der Waals surface area contributed by atoms with Gasteiger partial charge < -0.3 is 9.64 Å². The summed E-state index contributed by atoms with van der Waals surface area (Å²) in [5.41, 5.74) is 4.35. The lowest BCUT2D eigenvalue weighted by Gasteiger charge is -2.23. The molecule has 5 heteroatoms. The highest BCUT2D eigenvalue weighted by Crippen LogP contribution is 2.32. The van der Waals surface area contributed by atoms with Gasteiger partial charge in [-0.1, -0.05) is 30.3 Å². The Bertz CT molecular complexity index is 964. The zero-order valence-electron chi connectivity index (χ0n) is 16.1. The first-order valence-electron chi connectivity index (χ1n) is 9.49. The van der Waals surface area contributed by atoms with Crippen LogP contribution in [0.4, 0.5) is 0 Å². The summed E-state index contributed by atoms with van der Waals surface area (Å²) < 4.78 is 5.45. The molecule has 3 aromatic rings. The molecule has 0 atom stereocenters. The number of carbonyl (C=O) groups excluding carboxylic acids is 1. The average Bonchev–Trinajstić information content (AvgIpc) is 3.58. The second kappa shape index (κ2) is 7.80. The number of aryl methyl sites for hydroxylation is 1. The van der Waals surface area contributed by atoms with Crippen molar-refractivity contribution in [3.05, 3.63) is 77.5 Å². The van der Waals surface area contributed by atoms with Gasteiger partial charge in [0.1, 0.15) is 5.75 Å². The molecule has 1 heterocycles. The van der Waals surface area contributed by atoms with Crippen molar-refractivity contribution in [2.75, 3.05) is 7.11 Å². The summed E-state index contributed by atoms with van der Waals surface area (Å²) in [5.74, 6) is 0.865. The standard InChI is InChI=1S/C23H23N3O2/c1-16-7-14-21(25-24-16)17-8-10-18(11-9-17)23(27)26(20-12-13-20)15-19-5-3-4-6-22(19)28-2/h3-11,14,20H,12-13,15H2,1-2H3. The van der Waals surface area contributed by atoms with Crippen LogP contribution in [0.1, 0.15) is 34.5 Å². The van der Waals surface area contributed by atoms with Crippen LogP contribution in [0.25, 0.3) is 11.3 Å². The molecule has 0 aliphatic heterocycles. The number of carbonyl (C=O) groups is 1. The first kappa shape index (κ1) is 18.2. The van der Waals surface area contributed by atoms with E-state index in [0.29, 0.717) is 18.2 Å². The summed E-state index contributed by atoms with van der Waals surface area (Å²) >= 11 is 0. The van der Waals surface area contributed by atoms with E-state index in [-0.39, 0.29) is 5.91 Å². The van der Waals surface area contributed by atoms with Crippen molar-refractivity contribution in [3.8, 4) is 17.0 Å². The smallest absolute Gasteiger partial charge is 0.254 e. The largest absolute Gasteiger partial charge is 0.496 e. The van der Waals surface area contributed by atoms with Crippen LogP contribution in [-0.2, 0) is 6.54 Å². The number of hydrogen-bond donors (Lipinski definition) is 0. The van der Waals surface area contributed by atoms with Crippen LogP contribution in [0, 0.1) is 6.92 Å². The lowest BCUT2D eigenvalue weighted by atomic mass is 10.1. The second-order valence-electron chi connectivity index (χ2n) is 7.11. The Kier molecular flexibility index (Phi) is 5.06. The monoisotopic (exact) mass is 373 g/mol. The Morgan fingerprint density at radius 3 is 2.43 bits per heavy atom. The Morgan fingerprint density at radius 1 is 1.04 bits per heavy atom. The van der Waals surface area contributed by atoms with E-state index in [4.69, 9.17) is 4.74 Å². The number of nitrogens with zero attached hydrogens (tertiary/aromatic N) is 3. The molecule has 0 saturated heterocycles. The van der Waals surface area contributed by atoms with Crippen molar-refractivity contribution in [2.24, 2.45) is 0 Å². The average molecular weight is 373 g/mol. The summed E-state index contributed by atoms with van der Waals surface area (Å²) in [6.45, 7) is 2.46. The fourth-order valence-electron chi connectivity index (χ4n) is 3.27. The highest BCUT2D eigenvalue weighted by molar-refractivity contribution is 5.95. The van der Waals surface area contributed by atoms with Gasteiger partial charge in [0.25, 0.3) is 5.91 Å². The quantitative estimate of drug-likeness (QED) is 0.648. The van der Waals surface area contributed by atoms with E-state index in [9.17, 15) is 4.79 Å². The summed E-state index contributed by atoms with van der Waals surface area (Å²) in [5, 5.41) is 8.31. The predicted molar refractivity (Wildman–Crippen MR) is 108 cm³/mol. The maximum Gasteiger partial charge on any atom is 0.254 e. The molecule has 142 valence electrons. The Labute approximate surface area is 165 Å². The SMILES string of the molecule is COc1ccccc1CN(C(=O)c1ccc(-c2ccc(C)nn2)cc1)C1CC1. The number of benzene rings is 2. The number of amides is 1. The lowest BCUT2D eigenvalue weighted by Crippen LogP contribution is -2.32. The summed E-state index contributed by atoms with van der Waals surface area (Å²) in [4.78, 5) is 15.1. The third kappa shape index (κ3) is 3.88. The molecule has 1 saturated carbocycles. The summed E-state index contributed by atoms with van der Waals surface area (Å²) in [7, 11) is 1.66. The molecule has 4 rings (SSSR count). The molecule has 2 aromatic carbocycles. The van der Waals surface area contributed by atoms with Gasteiger partial charge in [0.15, 0.2) is 0 Å². The lowest BCUT2D eigenvalue weighted by molar-refractivity contribution is 0.0729. The normalized spacial score (nSPS) is 13.2. The molecule has 0 unspecified atom stereocenters. The van der Waals surface area contributed by atoms with Gasteiger partial charge in [-0.05, 0) is 50.1 Å². The van der Waals surface area contributed by atoms with Crippen molar-refractivity contribution >= 4 is 5.91 Å². The maximum atomic E-state index is 13.2. The van der Waals surface area contributed by atoms with Gasteiger partial charge >= 0.3 is 0 Å². The van der Waals surface area contributed by atoms with Crippen molar-refractivity contribution in [2.45, 2.75) is 32.4 Å². The number of ether oxygens (including phenoxy) is 1. The zero-order chi connectivity index (χ0) is 19.5. The van der Waals surface area contributed by atoms with Crippen LogP contribution in [0.5, 0.6) is 5.75 Å². The van der Waals surface area contributed by atoms with Gasteiger partial charge in [-0.3, -0.25) is 4.79 Å². The van der Waals surface area contributed by atoms with E-state index in [1.165, 1.54) is 0 Å². The Hall–Kier alpha value is -3.21. The Balaban J connectivity index is 1.55. The van der Waals surface area contributed by atoms with Gasteiger partial charge in [-0.25, -0.2) is 0 Å². The fourth-order valence-corrected chi connectivity index (χ4v) is 3.27. The minimum absolute atomic E-state index is 0.0509. The van der Waals surface area contributed by atoms with Crippen molar-refractivity contribution in [1.82, 2.24) is 15.1 Å². The molecule has 1 aliphatic rings. The highest BCUT2D eigenvalue weighted by atomic mass is 16.5. The molecule has 0 N–H and O–H groups in total. The molecule has 5 nitrogen and oxygen atoms in total. The number of methoxy groups -OCH3 is 1. The molecular formula is C23H23N3O2. The fraction of sp³-hybridized carbons (Fsp3) is 0.261. The van der Waals surface area contributed by atoms with Crippen LogP contribution in [0.3, 0.4) is 0 Å². The molecule has 1 aromatic heterocycles. The second-order valence-corrected chi connectivity index (χ2v) is 7.11. The van der Waals surface area contributed by atoms with Crippen LogP contribution in [0.15, 0.2) is 60.7 Å². The molecule has 0 radical (unpaired) electrons. The number of aromatic nitrogens is 2. The van der Waals surface area contributed by atoms with Crippen LogP contribution < -0.4 is 4.74 Å². The summed E-state index contributed by atoms with van der Waals surface area (Å²) in [6, 6.07) is 19.7. The third-order valence-electron chi connectivity index (χ3n) is 5.01. The van der Waals surface area contributed by atoms with Crippen LogP contribution in [-0.4, -0.2) is 34.2 Å². The number of hydrogen-bond acceptors (Lipinski definition) is 4. The molecular weight excluding hydrogens is 350 g/mol. The van der Waals surface area contributed by atoms with Gasteiger partial charge in [0.05, 0.1) is 18.5 Å². The molecule has 1 amide bonds. The topological polar surface area (TPSA) is 55.3 Å². The van der Waals surface area contributed by atoms with Crippen molar-refractivity contribution < 1.29 is 9.53 Å². The van der Waals surface area contributed by atoms with Gasteiger partial charge in [0, 0.05) is 29.3 Å². The molecule has 1 aliphatic carbocycles. The van der Waals surface area contributed by atoms with E-state index >= 15 is 0 Å². The van der Waals surface area contributed by atoms with Gasteiger partial charge in [-0.2, -0.15) is 10.2 Å². The summed E-state index contributed by atoms with van der Waals surface area (Å²) in [6.07, 6.45) is 2.11. The van der Waals surface area contributed by atoms with Gasteiger partial charge in [-0.15, -0.1) is 0 Å². The zero-order valence-corrected chi connectivity index (χ0v) is 16.1. The first-order valence-corrected chi connectivity index (χ1v) is 9.49. The Morgan fingerprint density at radius 2 is 1.79 bits per heavy atom. The molecule has 1 fully saturated rings. The van der Waals surface area contributed by atoms with E-state index in [2.05, 4.69) is 10.2 Å². The molecule has 0 spiro atoms. The molecule has 28 heavy (non-hydrogen) atoms. The minimum Gasteiger partial charge on any atom is -0.496 e. The van der Waals surface area contributed by atoms with Crippen molar-refractivity contribution in [3.63, 3.8) is 0 Å². The van der Waals surface area contributed by atoms with E-state index in [0.717, 1.165) is 41.1 Å². The van der Waals surface area contributed by atoms with Crippen LogP contribution >= 0.6 is 0 Å². The number of para-hydroxylation sites is 1. The number of rotatable bonds is 6. The third-order valence-corrected chi connectivity index (χ3v) is 5.01. The van der Waals surface area contributed by atoms with E-state index in [1.807, 2.05) is 72.5 Å². The van der Waals surface area contributed by atoms with Crippen LogP contribution in [0.2, 0.25) is 0 Å².